The summed E-state index contributed by atoms with van der Waals surface area (Å²) in [5.74, 6) is -0.196. The number of carboxylic acids is 1. The van der Waals surface area contributed by atoms with Gasteiger partial charge in [-0.3, -0.25) is 4.79 Å². The van der Waals surface area contributed by atoms with Crippen LogP contribution in [0.15, 0.2) is 65.2 Å². The zero-order chi connectivity index (χ0) is 25.5. The molecule has 6 rings (SSSR count). The molecule has 1 heterocycles. The highest BCUT2D eigenvalue weighted by Gasteiger charge is 2.36. The third-order valence-electron chi connectivity index (χ3n) is 7.70. The molecule has 6 nitrogen and oxygen atoms in total. The summed E-state index contributed by atoms with van der Waals surface area (Å²) in [6, 6.07) is 19.3. The Morgan fingerprint density at radius 1 is 1.05 bits per heavy atom. The highest BCUT2D eigenvalue weighted by molar-refractivity contribution is 5.72. The van der Waals surface area contributed by atoms with E-state index in [1.165, 1.54) is 17.2 Å². The highest BCUT2D eigenvalue weighted by atomic mass is 19.1. The molecule has 2 aliphatic carbocycles. The van der Waals surface area contributed by atoms with Gasteiger partial charge < -0.3 is 14.9 Å². The van der Waals surface area contributed by atoms with Crippen molar-refractivity contribution in [2.45, 2.75) is 51.1 Å². The normalized spacial score (nSPS) is 20.8. The van der Waals surface area contributed by atoms with Crippen molar-refractivity contribution in [1.29, 1.82) is 0 Å². The summed E-state index contributed by atoms with van der Waals surface area (Å²) in [7, 11) is 0. The summed E-state index contributed by atoms with van der Waals surface area (Å²) in [5.41, 5.74) is 6.57. The van der Waals surface area contributed by atoms with Crippen LogP contribution in [0.25, 0.3) is 34.0 Å². The van der Waals surface area contributed by atoms with Crippen molar-refractivity contribution in [2.24, 2.45) is 5.92 Å². The largest absolute Gasteiger partial charge is 0.481 e. The van der Waals surface area contributed by atoms with E-state index in [2.05, 4.69) is 27.6 Å². The highest BCUT2D eigenvalue weighted by Crippen LogP contribution is 2.36. The number of benzene rings is 3. The Morgan fingerprint density at radius 2 is 1.86 bits per heavy atom. The second-order valence-corrected chi connectivity index (χ2v) is 10.2. The molecular formula is C30H28FN3O3. The molecule has 3 aromatic carbocycles. The zero-order valence-electron chi connectivity index (χ0n) is 20.6. The topological polar surface area (TPSA) is 88.2 Å². The Balaban J connectivity index is 1.20. The molecule has 4 aromatic rings. The predicted molar refractivity (Wildman–Crippen MR) is 138 cm³/mol. The minimum Gasteiger partial charge on any atom is -0.481 e. The van der Waals surface area contributed by atoms with Gasteiger partial charge in [-0.05, 0) is 85.5 Å². The first-order valence-corrected chi connectivity index (χ1v) is 12.8. The van der Waals surface area contributed by atoms with E-state index in [0.29, 0.717) is 30.1 Å². The molecule has 188 valence electrons. The molecule has 2 aliphatic rings. The summed E-state index contributed by atoms with van der Waals surface area (Å²) in [5, 5.41) is 17.1. The minimum atomic E-state index is -0.692. The summed E-state index contributed by atoms with van der Waals surface area (Å²) < 4.78 is 19.9. The predicted octanol–water partition coefficient (Wildman–Crippen LogP) is 6.35. The van der Waals surface area contributed by atoms with Crippen molar-refractivity contribution in [2.75, 3.05) is 0 Å². The second-order valence-electron chi connectivity index (χ2n) is 10.2. The van der Waals surface area contributed by atoms with Crippen LogP contribution in [-0.2, 0) is 11.2 Å². The van der Waals surface area contributed by atoms with Crippen molar-refractivity contribution in [3.05, 3.63) is 83.2 Å². The van der Waals surface area contributed by atoms with E-state index >= 15 is 0 Å². The molecule has 0 spiro atoms. The number of fused-ring (bicyclic) bond motifs is 1. The van der Waals surface area contributed by atoms with Gasteiger partial charge in [-0.2, -0.15) is 4.98 Å². The van der Waals surface area contributed by atoms with E-state index in [-0.39, 0.29) is 23.8 Å². The fourth-order valence-corrected chi connectivity index (χ4v) is 5.60. The Morgan fingerprint density at radius 3 is 2.65 bits per heavy atom. The van der Waals surface area contributed by atoms with Crippen LogP contribution in [-0.4, -0.2) is 27.3 Å². The number of carboxylic acid groups (broad SMARTS) is 1. The zero-order valence-corrected chi connectivity index (χ0v) is 20.6. The lowest BCUT2D eigenvalue weighted by molar-refractivity contribution is -0.145. The standard InChI is InChI=1S/C30H28FN3O3/c1-17-13-20(10-11-23(17)25-6-2-3-7-26(25)31)29-33-28(34-37-29)19-9-12-24-18(14-19)5-4-8-27(24)32-22-15-21(16-22)30(35)36/h2-3,6-7,9-14,21-22,27,32H,4-5,8,15-16H2,1H3,(H,35,36)/t21-,22-,27?. The molecule has 1 atom stereocenters. The minimum absolute atomic E-state index is 0.213. The van der Waals surface area contributed by atoms with Gasteiger partial charge in [-0.1, -0.05) is 41.6 Å². The maximum atomic E-state index is 14.3. The maximum Gasteiger partial charge on any atom is 0.306 e. The summed E-state index contributed by atoms with van der Waals surface area (Å²) in [6.07, 6.45) is 4.52. The number of aryl methyl sites for hydroxylation is 2. The van der Waals surface area contributed by atoms with Gasteiger partial charge in [0.2, 0.25) is 5.82 Å². The van der Waals surface area contributed by atoms with Crippen molar-refractivity contribution < 1.29 is 18.8 Å². The lowest BCUT2D eigenvalue weighted by Gasteiger charge is -2.38. The number of hydrogen-bond donors (Lipinski definition) is 2. The fourth-order valence-electron chi connectivity index (χ4n) is 5.60. The number of nitrogens with zero attached hydrogens (tertiary/aromatic N) is 2. The monoisotopic (exact) mass is 497 g/mol. The van der Waals surface area contributed by atoms with Gasteiger partial charge in [0.05, 0.1) is 5.92 Å². The number of nitrogens with one attached hydrogen (secondary N) is 1. The van der Waals surface area contributed by atoms with Crippen molar-refractivity contribution in [3.8, 4) is 34.0 Å². The van der Waals surface area contributed by atoms with Gasteiger partial charge in [0, 0.05) is 28.8 Å². The van der Waals surface area contributed by atoms with Crippen molar-refractivity contribution >= 4 is 5.97 Å². The van der Waals surface area contributed by atoms with Gasteiger partial charge in [-0.15, -0.1) is 0 Å². The van der Waals surface area contributed by atoms with E-state index in [4.69, 9.17) is 9.63 Å². The molecule has 1 aromatic heterocycles. The fraction of sp³-hybridized carbons (Fsp3) is 0.300. The molecular weight excluding hydrogens is 469 g/mol. The lowest BCUT2D eigenvalue weighted by atomic mass is 9.78. The van der Waals surface area contributed by atoms with Gasteiger partial charge in [0.1, 0.15) is 5.82 Å². The first-order chi connectivity index (χ1) is 18.0. The van der Waals surface area contributed by atoms with Crippen LogP contribution in [0, 0.1) is 18.7 Å². The number of halogens is 1. The van der Waals surface area contributed by atoms with Crippen molar-refractivity contribution in [3.63, 3.8) is 0 Å². The quantitative estimate of drug-likeness (QED) is 0.323. The summed E-state index contributed by atoms with van der Waals surface area (Å²) in [6.45, 7) is 1.95. The van der Waals surface area contributed by atoms with E-state index in [0.717, 1.165) is 41.5 Å². The second kappa shape index (κ2) is 9.56. The molecule has 37 heavy (non-hydrogen) atoms. The Bertz CT molecular complexity index is 1470. The maximum absolute atomic E-state index is 14.3. The summed E-state index contributed by atoms with van der Waals surface area (Å²) in [4.78, 5) is 15.8. The molecule has 1 fully saturated rings. The lowest BCUT2D eigenvalue weighted by Crippen LogP contribution is -2.46. The van der Waals surface area contributed by atoms with E-state index in [1.54, 1.807) is 12.1 Å². The van der Waals surface area contributed by atoms with Gasteiger partial charge in [0.15, 0.2) is 0 Å². The number of aliphatic carboxylic acids is 1. The molecule has 0 aliphatic heterocycles. The van der Waals surface area contributed by atoms with Crippen LogP contribution in [0.2, 0.25) is 0 Å². The average molecular weight is 498 g/mol. The Kier molecular flexibility index (Phi) is 6.08. The van der Waals surface area contributed by atoms with E-state index < -0.39 is 5.97 Å². The average Bonchev–Trinajstić information content (AvgIpc) is 3.36. The van der Waals surface area contributed by atoms with Crippen LogP contribution in [0.1, 0.15) is 48.4 Å². The number of rotatable bonds is 6. The van der Waals surface area contributed by atoms with Gasteiger partial charge in [-0.25, -0.2) is 4.39 Å². The smallest absolute Gasteiger partial charge is 0.306 e. The van der Waals surface area contributed by atoms with Crippen LogP contribution in [0.4, 0.5) is 4.39 Å². The number of carbonyl (C=O) groups is 1. The molecule has 0 bridgehead atoms. The number of hydrogen-bond acceptors (Lipinski definition) is 5. The van der Waals surface area contributed by atoms with Crippen LogP contribution in [0.3, 0.4) is 0 Å². The van der Waals surface area contributed by atoms with E-state index in [9.17, 15) is 9.18 Å². The van der Waals surface area contributed by atoms with E-state index in [1.807, 2.05) is 37.3 Å². The van der Waals surface area contributed by atoms with Gasteiger partial charge in [0.25, 0.3) is 5.89 Å². The van der Waals surface area contributed by atoms with Crippen molar-refractivity contribution in [1.82, 2.24) is 15.5 Å². The summed E-state index contributed by atoms with van der Waals surface area (Å²) >= 11 is 0. The number of aromatic nitrogens is 2. The molecule has 0 radical (unpaired) electrons. The first-order valence-electron chi connectivity index (χ1n) is 12.8. The molecule has 1 unspecified atom stereocenters. The molecule has 0 saturated heterocycles. The van der Waals surface area contributed by atoms with Crippen LogP contribution in [0.5, 0.6) is 0 Å². The van der Waals surface area contributed by atoms with Gasteiger partial charge >= 0.3 is 5.97 Å². The molecule has 7 heteroatoms. The first kappa shape index (κ1) is 23.6. The third kappa shape index (κ3) is 4.55. The SMILES string of the molecule is Cc1cc(-c2nc(-c3ccc4c(c3)CCCC4N[C@H]3C[C@H](C(=O)O)C3)no2)ccc1-c1ccccc1F. The Labute approximate surface area is 214 Å². The third-order valence-corrected chi connectivity index (χ3v) is 7.70. The van der Waals surface area contributed by atoms with Crippen LogP contribution >= 0.6 is 0 Å². The molecule has 0 amide bonds. The Hall–Kier alpha value is -3.84. The molecule has 1 saturated carbocycles. The molecule has 2 N–H and O–H groups in total. The van der Waals surface area contributed by atoms with Crippen LogP contribution < -0.4 is 5.32 Å².